The molecule has 0 saturated carbocycles. The Hall–Kier alpha value is -2.56. The van der Waals surface area contributed by atoms with Crippen LogP contribution in [0.2, 0.25) is 0 Å². The number of rotatable bonds is 46. The Balaban J connectivity index is 4.38. The number of unbranched alkanes of at least 4 members (excludes halogenated alkanes) is 27. The Morgan fingerprint density at radius 2 is 0.935 bits per heavy atom. The van der Waals surface area contributed by atoms with Crippen LogP contribution in [-0.4, -0.2) is 59.9 Å². The molecule has 62 heavy (non-hydrogen) atoms. The van der Waals surface area contributed by atoms with Crippen LogP contribution in [0, 0.1) is 0 Å². The van der Waals surface area contributed by atoms with Gasteiger partial charge in [0.1, 0.15) is 12.6 Å². The number of esters is 2. The Kier molecular flexibility index (Phi) is 43.2. The average molecular weight is 896 g/mol. The summed E-state index contributed by atoms with van der Waals surface area (Å²) in [6.07, 6.45) is 52.6. The van der Waals surface area contributed by atoms with E-state index in [1.807, 2.05) is 12.2 Å². The zero-order valence-electron chi connectivity index (χ0n) is 39.2. The van der Waals surface area contributed by atoms with E-state index in [0.717, 1.165) is 32.1 Å². The van der Waals surface area contributed by atoms with Gasteiger partial charge in [-0.25, -0.2) is 9.36 Å². The highest BCUT2D eigenvalue weighted by Gasteiger charge is 2.28. The van der Waals surface area contributed by atoms with E-state index in [9.17, 15) is 23.8 Å². The predicted molar refractivity (Wildman–Crippen MR) is 254 cm³/mol. The highest BCUT2D eigenvalue weighted by atomic mass is 31.2. The number of phosphoric acid groups is 1. The van der Waals surface area contributed by atoms with E-state index in [1.165, 1.54) is 160 Å². The molecule has 0 aromatic carbocycles. The van der Waals surface area contributed by atoms with Crippen LogP contribution in [0.4, 0.5) is 0 Å². The minimum atomic E-state index is -4.75. The van der Waals surface area contributed by atoms with Crippen LogP contribution in [0.5, 0.6) is 0 Å². The molecular weight excluding hydrogens is 806 g/mol. The maximum atomic E-state index is 12.6. The molecular formula is C50H90NO10P. The summed E-state index contributed by atoms with van der Waals surface area (Å²) in [5.41, 5.74) is 5.33. The third kappa shape index (κ3) is 44.1. The Morgan fingerprint density at radius 1 is 0.532 bits per heavy atom. The van der Waals surface area contributed by atoms with Crippen molar-refractivity contribution in [3.63, 3.8) is 0 Å². The third-order valence-corrected chi connectivity index (χ3v) is 11.6. The SMILES string of the molecule is CCCCCCCCCCCCC/C=C/C=C/C(=O)OC[C@@H](COP(=O)(O)OC[C@H](N)C(=O)O)OC(=O)CCC/C=C/CC/C=C/CCCCCCCCCCCCCCCC. The lowest BCUT2D eigenvalue weighted by Crippen LogP contribution is -2.34. The van der Waals surface area contributed by atoms with Gasteiger partial charge in [-0.2, -0.15) is 0 Å². The molecule has 1 unspecified atom stereocenters. The molecule has 0 rings (SSSR count). The maximum absolute atomic E-state index is 12.6. The van der Waals surface area contributed by atoms with Crippen LogP contribution < -0.4 is 5.73 Å². The van der Waals surface area contributed by atoms with E-state index in [0.29, 0.717) is 12.8 Å². The molecule has 4 N–H and O–H groups in total. The van der Waals surface area contributed by atoms with Crippen molar-refractivity contribution in [1.82, 2.24) is 0 Å². The summed E-state index contributed by atoms with van der Waals surface area (Å²) in [7, 11) is -4.75. The number of aliphatic carboxylic acids is 1. The quantitative estimate of drug-likeness (QED) is 0.0133. The molecule has 0 aliphatic carbocycles. The minimum absolute atomic E-state index is 0.0818. The summed E-state index contributed by atoms with van der Waals surface area (Å²) in [4.78, 5) is 45.9. The maximum Gasteiger partial charge on any atom is 0.472 e. The van der Waals surface area contributed by atoms with Crippen LogP contribution in [0.1, 0.15) is 219 Å². The third-order valence-electron chi connectivity index (χ3n) is 10.6. The molecule has 12 heteroatoms. The molecule has 0 aromatic heterocycles. The standard InChI is InChI=1S/C50H90NO10P/c1-3-5-7-9-11-13-15-17-19-20-21-22-23-24-25-26-28-30-32-34-36-38-40-42-49(53)61-46(44-59-62(56,57)60-45-47(51)50(54)55)43-58-48(52)41-39-37-35-33-31-29-27-18-16-14-12-10-8-6-4-2/h26,28,34-37,39,41,46-47H,3-25,27,29-33,38,40,42-45,51H2,1-2H3,(H,54,55)(H,56,57)/b28-26+,36-34+,37-35+,41-39+/t46-,47-/m0/s1. The molecule has 0 aliphatic rings. The van der Waals surface area contributed by atoms with Crippen molar-refractivity contribution in [3.8, 4) is 0 Å². The number of nitrogens with two attached hydrogens (primary N) is 1. The number of allylic oxidation sites excluding steroid dienone is 7. The van der Waals surface area contributed by atoms with E-state index in [-0.39, 0.29) is 6.42 Å². The van der Waals surface area contributed by atoms with Gasteiger partial charge in [0.15, 0.2) is 6.10 Å². The molecule has 11 nitrogen and oxygen atoms in total. The van der Waals surface area contributed by atoms with Crippen LogP contribution >= 0.6 is 7.82 Å². The summed E-state index contributed by atoms with van der Waals surface area (Å²) in [6.45, 7) is 2.67. The number of hydrogen-bond donors (Lipinski definition) is 3. The molecule has 0 aliphatic heterocycles. The number of phosphoric ester groups is 1. The molecule has 3 atom stereocenters. The summed E-state index contributed by atoms with van der Waals surface area (Å²) in [5, 5.41) is 8.90. The summed E-state index contributed by atoms with van der Waals surface area (Å²) in [5.74, 6) is -2.69. The molecule has 0 fully saturated rings. The molecule has 0 spiro atoms. The van der Waals surface area contributed by atoms with E-state index in [4.69, 9.17) is 24.8 Å². The second kappa shape index (κ2) is 45.0. The smallest absolute Gasteiger partial charge is 0.472 e. The minimum Gasteiger partial charge on any atom is -0.480 e. The Morgan fingerprint density at radius 3 is 1.40 bits per heavy atom. The van der Waals surface area contributed by atoms with Crippen LogP contribution in [0.15, 0.2) is 48.6 Å². The predicted octanol–water partition coefficient (Wildman–Crippen LogP) is 13.7. The van der Waals surface area contributed by atoms with Gasteiger partial charge in [0.2, 0.25) is 0 Å². The number of ether oxygens (including phenoxy) is 2. The van der Waals surface area contributed by atoms with Crippen molar-refractivity contribution in [3.05, 3.63) is 48.6 Å². The van der Waals surface area contributed by atoms with Gasteiger partial charge < -0.3 is 25.2 Å². The second-order valence-electron chi connectivity index (χ2n) is 16.7. The van der Waals surface area contributed by atoms with E-state index in [2.05, 4.69) is 36.6 Å². The van der Waals surface area contributed by atoms with E-state index in [1.54, 1.807) is 12.2 Å². The number of carbonyl (C=O) groups excluding carboxylic acids is 2. The summed E-state index contributed by atoms with van der Waals surface area (Å²) in [6, 6.07) is -1.54. The van der Waals surface area contributed by atoms with Gasteiger partial charge in [-0.05, 0) is 51.4 Å². The van der Waals surface area contributed by atoms with Crippen molar-refractivity contribution in [2.45, 2.75) is 231 Å². The lowest BCUT2D eigenvalue weighted by Gasteiger charge is -2.20. The molecule has 0 saturated heterocycles. The van der Waals surface area contributed by atoms with Crippen molar-refractivity contribution in [1.29, 1.82) is 0 Å². The first-order chi connectivity index (χ1) is 30.1. The highest BCUT2D eigenvalue weighted by molar-refractivity contribution is 7.47. The first-order valence-electron chi connectivity index (χ1n) is 24.7. The monoisotopic (exact) mass is 896 g/mol. The number of carbonyl (C=O) groups is 3. The number of carboxylic acids is 1. The van der Waals surface area contributed by atoms with Crippen molar-refractivity contribution < 1.29 is 47.5 Å². The first-order valence-corrected chi connectivity index (χ1v) is 26.2. The first kappa shape index (κ1) is 59.4. The highest BCUT2D eigenvalue weighted by Crippen LogP contribution is 2.43. The Labute approximate surface area is 377 Å². The zero-order chi connectivity index (χ0) is 45.6. The largest absolute Gasteiger partial charge is 0.480 e. The fourth-order valence-corrected chi connectivity index (χ4v) is 7.54. The molecule has 0 bridgehead atoms. The van der Waals surface area contributed by atoms with Crippen molar-refractivity contribution in [2.75, 3.05) is 19.8 Å². The van der Waals surface area contributed by atoms with Gasteiger partial charge in [-0.1, -0.05) is 204 Å². The van der Waals surface area contributed by atoms with Gasteiger partial charge >= 0.3 is 25.7 Å². The van der Waals surface area contributed by atoms with E-state index >= 15 is 0 Å². The fourth-order valence-electron chi connectivity index (χ4n) is 6.76. The number of hydrogen-bond acceptors (Lipinski definition) is 9. The molecule has 0 heterocycles. The van der Waals surface area contributed by atoms with Gasteiger partial charge in [-0.15, -0.1) is 0 Å². The summed E-state index contributed by atoms with van der Waals surface area (Å²) >= 11 is 0. The van der Waals surface area contributed by atoms with Crippen LogP contribution in [0.25, 0.3) is 0 Å². The lowest BCUT2D eigenvalue weighted by molar-refractivity contribution is -0.159. The molecule has 0 aromatic rings. The van der Waals surface area contributed by atoms with Crippen LogP contribution in [0.3, 0.4) is 0 Å². The van der Waals surface area contributed by atoms with Crippen LogP contribution in [-0.2, 0) is 37.5 Å². The molecule has 0 radical (unpaired) electrons. The van der Waals surface area contributed by atoms with Gasteiger partial charge in [0, 0.05) is 12.5 Å². The van der Waals surface area contributed by atoms with Crippen molar-refractivity contribution >= 4 is 25.7 Å². The Bertz CT molecular complexity index is 1240. The topological polar surface area (TPSA) is 172 Å². The second-order valence-corrected chi connectivity index (χ2v) is 18.1. The van der Waals surface area contributed by atoms with Crippen molar-refractivity contribution in [2.24, 2.45) is 5.73 Å². The van der Waals surface area contributed by atoms with E-state index < -0.39 is 57.7 Å². The molecule has 360 valence electrons. The lowest BCUT2D eigenvalue weighted by atomic mass is 10.0. The van der Waals surface area contributed by atoms with Gasteiger partial charge in [0.05, 0.1) is 13.2 Å². The number of carboxylic acid groups (broad SMARTS) is 1. The average Bonchev–Trinajstić information content (AvgIpc) is 3.25. The van der Waals surface area contributed by atoms with Gasteiger partial charge in [-0.3, -0.25) is 18.6 Å². The zero-order valence-corrected chi connectivity index (χ0v) is 40.1. The molecule has 0 amide bonds. The fraction of sp³-hybridized carbons (Fsp3) is 0.780. The normalized spacial score (nSPS) is 14.0. The van der Waals surface area contributed by atoms with Gasteiger partial charge in [0.25, 0.3) is 0 Å². The summed E-state index contributed by atoms with van der Waals surface area (Å²) < 4.78 is 32.5.